The summed E-state index contributed by atoms with van der Waals surface area (Å²) in [6.45, 7) is 8.74. The van der Waals surface area contributed by atoms with E-state index in [4.69, 9.17) is 12.2 Å². The Morgan fingerprint density at radius 1 is 1.47 bits per heavy atom. The van der Waals surface area contributed by atoms with E-state index < -0.39 is 0 Å². The van der Waals surface area contributed by atoms with Gasteiger partial charge in [-0.25, -0.2) is 0 Å². The highest BCUT2D eigenvalue weighted by Gasteiger charge is 2.24. The van der Waals surface area contributed by atoms with Crippen LogP contribution in [0, 0.1) is 23.7 Å². The average molecular weight is 238 g/mol. The normalized spacial score (nSPS) is 14.8. The topological polar surface area (TPSA) is 55.1 Å². The molecule has 3 heteroatoms. The van der Waals surface area contributed by atoms with E-state index in [1.54, 1.807) is 0 Å². The van der Waals surface area contributed by atoms with Crippen molar-refractivity contribution >= 4 is 5.91 Å². The first kappa shape index (κ1) is 16.0. The highest BCUT2D eigenvalue weighted by Crippen LogP contribution is 2.24. The van der Waals surface area contributed by atoms with Gasteiger partial charge in [0.05, 0.1) is 5.92 Å². The maximum absolute atomic E-state index is 12.0. The lowest BCUT2D eigenvalue weighted by molar-refractivity contribution is -0.126. The Morgan fingerprint density at radius 3 is 2.41 bits per heavy atom. The lowest BCUT2D eigenvalue weighted by Gasteiger charge is -2.26. The minimum atomic E-state index is -0.123. The molecule has 0 saturated carbocycles. The van der Waals surface area contributed by atoms with Crippen LogP contribution in [0.4, 0.5) is 0 Å². The largest absolute Gasteiger partial charge is 0.352 e. The van der Waals surface area contributed by atoms with Gasteiger partial charge in [0.1, 0.15) is 0 Å². The van der Waals surface area contributed by atoms with Crippen molar-refractivity contribution in [3.8, 4) is 12.3 Å². The summed E-state index contributed by atoms with van der Waals surface area (Å²) >= 11 is 0. The summed E-state index contributed by atoms with van der Waals surface area (Å²) in [5.74, 6) is 2.49. The van der Waals surface area contributed by atoms with E-state index in [1.807, 2.05) is 6.92 Å². The number of hydrogen-bond donors (Lipinski definition) is 2. The second kappa shape index (κ2) is 7.34. The molecule has 0 radical (unpaired) electrons. The quantitative estimate of drug-likeness (QED) is 0.695. The van der Waals surface area contributed by atoms with Gasteiger partial charge >= 0.3 is 0 Å². The molecule has 3 N–H and O–H groups in total. The molecule has 0 aromatic heterocycles. The standard InChI is InChI=1S/C14H26N2O/c1-6-8-12(7-2)16-13(17)11(10-15)9-14(3,4)5/h1,11-12H,7-10,15H2,2-5H3,(H,16,17). The van der Waals surface area contributed by atoms with E-state index in [-0.39, 0.29) is 23.3 Å². The summed E-state index contributed by atoms with van der Waals surface area (Å²) in [6, 6.07) is 0.0709. The molecule has 0 spiro atoms. The van der Waals surface area contributed by atoms with E-state index >= 15 is 0 Å². The van der Waals surface area contributed by atoms with Gasteiger partial charge in [-0.05, 0) is 18.3 Å². The molecule has 0 aromatic rings. The molecule has 0 aliphatic heterocycles. The van der Waals surface area contributed by atoms with Crippen molar-refractivity contribution in [1.29, 1.82) is 0 Å². The van der Waals surface area contributed by atoms with Gasteiger partial charge in [0.25, 0.3) is 0 Å². The van der Waals surface area contributed by atoms with Gasteiger partial charge in [0, 0.05) is 19.0 Å². The van der Waals surface area contributed by atoms with Crippen LogP contribution in [0.3, 0.4) is 0 Å². The van der Waals surface area contributed by atoms with Crippen molar-refractivity contribution in [2.24, 2.45) is 17.1 Å². The third-order valence-corrected chi connectivity index (χ3v) is 2.72. The zero-order valence-corrected chi connectivity index (χ0v) is 11.5. The number of nitrogens with two attached hydrogens (primary N) is 1. The summed E-state index contributed by atoms with van der Waals surface area (Å²) in [7, 11) is 0. The lowest BCUT2D eigenvalue weighted by Crippen LogP contribution is -2.42. The fourth-order valence-electron chi connectivity index (χ4n) is 1.78. The van der Waals surface area contributed by atoms with E-state index in [1.165, 1.54) is 0 Å². The van der Waals surface area contributed by atoms with Gasteiger partial charge in [-0.3, -0.25) is 4.79 Å². The zero-order valence-electron chi connectivity index (χ0n) is 11.5. The Balaban J connectivity index is 4.40. The molecule has 0 aliphatic carbocycles. The molecule has 98 valence electrons. The summed E-state index contributed by atoms with van der Waals surface area (Å²) in [5, 5.41) is 2.98. The van der Waals surface area contributed by atoms with Crippen LogP contribution in [0.15, 0.2) is 0 Å². The number of nitrogens with one attached hydrogen (secondary N) is 1. The Labute approximate surface area is 106 Å². The minimum absolute atomic E-state index is 0.0320. The third kappa shape index (κ3) is 7.01. The molecular formula is C14H26N2O. The molecule has 0 heterocycles. The summed E-state index contributed by atoms with van der Waals surface area (Å²) in [5.41, 5.74) is 5.78. The van der Waals surface area contributed by atoms with Gasteiger partial charge in [-0.15, -0.1) is 12.3 Å². The van der Waals surface area contributed by atoms with Crippen LogP contribution in [0.2, 0.25) is 0 Å². The van der Waals surface area contributed by atoms with Crippen LogP contribution >= 0.6 is 0 Å². The van der Waals surface area contributed by atoms with Crippen LogP contribution in [-0.4, -0.2) is 18.5 Å². The highest BCUT2D eigenvalue weighted by molar-refractivity contribution is 5.79. The average Bonchev–Trinajstić information content (AvgIpc) is 2.23. The van der Waals surface area contributed by atoms with Gasteiger partial charge in [-0.2, -0.15) is 0 Å². The van der Waals surface area contributed by atoms with Crippen molar-refractivity contribution in [1.82, 2.24) is 5.32 Å². The second-order valence-corrected chi connectivity index (χ2v) is 5.72. The highest BCUT2D eigenvalue weighted by atomic mass is 16.1. The second-order valence-electron chi connectivity index (χ2n) is 5.72. The van der Waals surface area contributed by atoms with Crippen LogP contribution in [0.25, 0.3) is 0 Å². The number of carbonyl (C=O) groups is 1. The van der Waals surface area contributed by atoms with E-state index in [9.17, 15) is 4.79 Å². The summed E-state index contributed by atoms with van der Waals surface area (Å²) in [4.78, 5) is 12.0. The van der Waals surface area contributed by atoms with E-state index in [2.05, 4.69) is 32.0 Å². The fourth-order valence-corrected chi connectivity index (χ4v) is 1.78. The molecule has 2 atom stereocenters. The lowest BCUT2D eigenvalue weighted by atomic mass is 9.84. The number of hydrogen-bond acceptors (Lipinski definition) is 2. The SMILES string of the molecule is C#CCC(CC)NC(=O)C(CN)CC(C)(C)C. The van der Waals surface area contributed by atoms with E-state index in [0.717, 1.165) is 12.8 Å². The van der Waals surface area contributed by atoms with Crippen molar-refractivity contribution in [3.05, 3.63) is 0 Å². The van der Waals surface area contributed by atoms with Gasteiger partial charge < -0.3 is 11.1 Å². The van der Waals surface area contributed by atoms with Crippen LogP contribution in [0.1, 0.15) is 47.0 Å². The monoisotopic (exact) mass is 238 g/mol. The first-order valence-corrected chi connectivity index (χ1v) is 6.28. The van der Waals surface area contributed by atoms with Crippen LogP contribution in [0.5, 0.6) is 0 Å². The molecule has 1 amide bonds. The third-order valence-electron chi connectivity index (χ3n) is 2.72. The fraction of sp³-hybridized carbons (Fsp3) is 0.786. The number of amides is 1. The molecule has 2 unspecified atom stereocenters. The number of terminal acetylenes is 1. The Kier molecular flexibility index (Phi) is 6.91. The van der Waals surface area contributed by atoms with Crippen molar-refractivity contribution in [3.63, 3.8) is 0 Å². The van der Waals surface area contributed by atoms with Crippen molar-refractivity contribution in [2.75, 3.05) is 6.54 Å². The Bertz CT molecular complexity index is 273. The van der Waals surface area contributed by atoms with Gasteiger partial charge in [0.2, 0.25) is 5.91 Å². The first-order chi connectivity index (χ1) is 7.84. The minimum Gasteiger partial charge on any atom is -0.352 e. The summed E-state index contributed by atoms with van der Waals surface area (Å²) in [6.07, 6.45) is 7.49. The predicted molar refractivity (Wildman–Crippen MR) is 72.3 cm³/mol. The maximum atomic E-state index is 12.0. The van der Waals surface area contributed by atoms with Crippen LogP contribution in [-0.2, 0) is 4.79 Å². The summed E-state index contributed by atoms with van der Waals surface area (Å²) < 4.78 is 0. The van der Waals surface area contributed by atoms with Gasteiger partial charge in [-0.1, -0.05) is 27.7 Å². The molecule has 0 aliphatic rings. The number of carbonyl (C=O) groups excluding carboxylic acids is 1. The van der Waals surface area contributed by atoms with Crippen LogP contribution < -0.4 is 11.1 Å². The van der Waals surface area contributed by atoms with Crippen molar-refractivity contribution < 1.29 is 4.79 Å². The molecule has 0 saturated heterocycles. The van der Waals surface area contributed by atoms with Gasteiger partial charge in [0.15, 0.2) is 0 Å². The Hall–Kier alpha value is -1.01. The van der Waals surface area contributed by atoms with E-state index in [0.29, 0.717) is 13.0 Å². The molecule has 17 heavy (non-hydrogen) atoms. The molecule has 0 fully saturated rings. The maximum Gasteiger partial charge on any atom is 0.224 e. The zero-order chi connectivity index (χ0) is 13.5. The smallest absolute Gasteiger partial charge is 0.224 e. The first-order valence-electron chi connectivity index (χ1n) is 6.28. The molecule has 0 rings (SSSR count). The van der Waals surface area contributed by atoms with Crippen molar-refractivity contribution in [2.45, 2.75) is 53.0 Å². The molecule has 3 nitrogen and oxygen atoms in total. The molecular weight excluding hydrogens is 212 g/mol. The molecule has 0 aromatic carbocycles. The predicted octanol–water partition coefficient (Wildman–Crippen LogP) is 1.92. The Morgan fingerprint density at radius 2 is 2.06 bits per heavy atom. The molecule has 0 bridgehead atoms. The number of rotatable bonds is 6.